The van der Waals surface area contributed by atoms with Gasteiger partial charge in [-0.05, 0) is 36.2 Å². The molecule has 0 spiro atoms. The molecule has 0 saturated carbocycles. The van der Waals surface area contributed by atoms with Crippen molar-refractivity contribution in [3.05, 3.63) is 60.7 Å². The van der Waals surface area contributed by atoms with Crippen LogP contribution in [0.25, 0.3) is 0 Å². The van der Waals surface area contributed by atoms with Crippen LogP contribution in [0.15, 0.2) is 55.1 Å². The molecule has 3 heteroatoms. The summed E-state index contributed by atoms with van der Waals surface area (Å²) in [5.41, 5.74) is 7.58. The number of ether oxygens (including phenoxy) is 2. The van der Waals surface area contributed by atoms with Crippen LogP contribution in [-0.2, 0) is 6.42 Å². The molecule has 19 heavy (non-hydrogen) atoms. The summed E-state index contributed by atoms with van der Waals surface area (Å²) in [6.07, 6.45) is 2.65. The van der Waals surface area contributed by atoms with Crippen molar-refractivity contribution in [3.63, 3.8) is 0 Å². The molecule has 0 amide bonds. The van der Waals surface area contributed by atoms with E-state index in [4.69, 9.17) is 15.2 Å². The largest absolute Gasteiger partial charge is 0.493 e. The second-order valence-corrected chi connectivity index (χ2v) is 4.12. The predicted octanol–water partition coefficient (Wildman–Crippen LogP) is 3.80. The van der Waals surface area contributed by atoms with Crippen LogP contribution in [0.2, 0.25) is 0 Å². The van der Waals surface area contributed by atoms with Crippen molar-refractivity contribution in [2.75, 3.05) is 12.8 Å². The Labute approximate surface area is 113 Å². The van der Waals surface area contributed by atoms with Crippen LogP contribution in [0.1, 0.15) is 5.56 Å². The van der Waals surface area contributed by atoms with E-state index in [1.807, 2.05) is 42.5 Å². The Balaban J connectivity index is 2.30. The van der Waals surface area contributed by atoms with Crippen LogP contribution in [0.3, 0.4) is 0 Å². The Kier molecular flexibility index (Phi) is 4.08. The monoisotopic (exact) mass is 255 g/mol. The van der Waals surface area contributed by atoms with E-state index in [2.05, 4.69) is 6.58 Å². The van der Waals surface area contributed by atoms with Gasteiger partial charge in [-0.15, -0.1) is 6.58 Å². The van der Waals surface area contributed by atoms with Gasteiger partial charge in [0.1, 0.15) is 0 Å². The first-order valence-electron chi connectivity index (χ1n) is 6.04. The minimum Gasteiger partial charge on any atom is -0.493 e. The molecule has 0 radical (unpaired) electrons. The van der Waals surface area contributed by atoms with Gasteiger partial charge in [-0.3, -0.25) is 0 Å². The normalized spacial score (nSPS) is 9.95. The maximum atomic E-state index is 5.86. The summed E-state index contributed by atoms with van der Waals surface area (Å²) in [6.45, 7) is 3.72. The summed E-state index contributed by atoms with van der Waals surface area (Å²) < 4.78 is 11.1. The summed E-state index contributed by atoms with van der Waals surface area (Å²) in [5, 5.41) is 0. The van der Waals surface area contributed by atoms with E-state index in [0.717, 1.165) is 12.0 Å². The van der Waals surface area contributed by atoms with Crippen molar-refractivity contribution < 1.29 is 9.47 Å². The second-order valence-electron chi connectivity index (χ2n) is 4.12. The number of para-hydroxylation sites is 2. The van der Waals surface area contributed by atoms with E-state index >= 15 is 0 Å². The topological polar surface area (TPSA) is 44.5 Å². The minimum atomic E-state index is 0.597. The quantitative estimate of drug-likeness (QED) is 0.653. The average Bonchev–Trinajstić information content (AvgIpc) is 2.43. The number of nitrogen functional groups attached to an aromatic ring is 1. The van der Waals surface area contributed by atoms with Gasteiger partial charge in [-0.25, -0.2) is 0 Å². The van der Waals surface area contributed by atoms with Crippen molar-refractivity contribution in [1.82, 2.24) is 0 Å². The van der Waals surface area contributed by atoms with Gasteiger partial charge in [0.25, 0.3) is 0 Å². The summed E-state index contributed by atoms with van der Waals surface area (Å²) in [6, 6.07) is 13.2. The van der Waals surface area contributed by atoms with Crippen LogP contribution in [0, 0.1) is 0 Å². The fourth-order valence-electron chi connectivity index (χ4n) is 1.78. The Morgan fingerprint density at radius 2 is 1.89 bits per heavy atom. The third-order valence-corrected chi connectivity index (χ3v) is 2.75. The summed E-state index contributed by atoms with van der Waals surface area (Å²) in [4.78, 5) is 0. The first kappa shape index (κ1) is 13.0. The predicted molar refractivity (Wildman–Crippen MR) is 77.8 cm³/mol. The van der Waals surface area contributed by atoms with Gasteiger partial charge in [-0.1, -0.05) is 24.3 Å². The summed E-state index contributed by atoms with van der Waals surface area (Å²) >= 11 is 0. The van der Waals surface area contributed by atoms with Gasteiger partial charge >= 0.3 is 0 Å². The second kappa shape index (κ2) is 5.96. The highest BCUT2D eigenvalue weighted by Gasteiger charge is 2.08. The van der Waals surface area contributed by atoms with Crippen LogP contribution in [-0.4, -0.2) is 7.11 Å². The number of methoxy groups -OCH3 is 1. The highest BCUT2D eigenvalue weighted by molar-refractivity contribution is 5.55. The number of hydrogen-bond donors (Lipinski definition) is 1. The first-order valence-corrected chi connectivity index (χ1v) is 6.04. The fourth-order valence-corrected chi connectivity index (χ4v) is 1.78. The van der Waals surface area contributed by atoms with E-state index < -0.39 is 0 Å². The molecule has 0 aromatic heterocycles. The molecule has 2 N–H and O–H groups in total. The molecule has 0 aliphatic rings. The molecular weight excluding hydrogens is 238 g/mol. The third-order valence-electron chi connectivity index (χ3n) is 2.75. The van der Waals surface area contributed by atoms with Crippen LogP contribution < -0.4 is 15.2 Å². The van der Waals surface area contributed by atoms with Gasteiger partial charge in [-0.2, -0.15) is 0 Å². The number of benzene rings is 2. The lowest BCUT2D eigenvalue weighted by Gasteiger charge is -2.12. The van der Waals surface area contributed by atoms with Crippen molar-refractivity contribution in [2.24, 2.45) is 0 Å². The lowest BCUT2D eigenvalue weighted by molar-refractivity contribution is 0.379. The van der Waals surface area contributed by atoms with Crippen LogP contribution >= 0.6 is 0 Å². The Hall–Kier alpha value is -2.42. The maximum Gasteiger partial charge on any atom is 0.169 e. The van der Waals surface area contributed by atoms with E-state index in [1.54, 1.807) is 13.2 Å². The highest BCUT2D eigenvalue weighted by Crippen LogP contribution is 2.34. The zero-order valence-corrected chi connectivity index (χ0v) is 10.9. The smallest absolute Gasteiger partial charge is 0.169 e. The van der Waals surface area contributed by atoms with Crippen LogP contribution in [0.4, 0.5) is 5.69 Å². The highest BCUT2D eigenvalue weighted by atomic mass is 16.5. The fraction of sp³-hybridized carbons (Fsp3) is 0.125. The Morgan fingerprint density at radius 1 is 1.11 bits per heavy atom. The van der Waals surface area contributed by atoms with Gasteiger partial charge in [0.2, 0.25) is 0 Å². The third kappa shape index (κ3) is 3.07. The molecule has 0 aliphatic carbocycles. The molecule has 0 saturated heterocycles. The van der Waals surface area contributed by atoms with Crippen LogP contribution in [0.5, 0.6) is 17.2 Å². The SMILES string of the molecule is C=CCc1ccc(Oc2ccccc2N)c(OC)c1. The number of hydrogen-bond acceptors (Lipinski definition) is 3. The lowest BCUT2D eigenvalue weighted by atomic mass is 10.1. The molecule has 2 aromatic rings. The summed E-state index contributed by atoms with van der Waals surface area (Å²) in [5.74, 6) is 1.95. The summed E-state index contributed by atoms with van der Waals surface area (Å²) in [7, 11) is 1.62. The Morgan fingerprint density at radius 3 is 2.58 bits per heavy atom. The molecule has 0 atom stereocenters. The average molecular weight is 255 g/mol. The van der Waals surface area contributed by atoms with Gasteiger partial charge in [0, 0.05) is 0 Å². The lowest BCUT2D eigenvalue weighted by Crippen LogP contribution is -1.95. The van der Waals surface area contributed by atoms with Crippen molar-refractivity contribution in [2.45, 2.75) is 6.42 Å². The number of anilines is 1. The van der Waals surface area contributed by atoms with Crippen molar-refractivity contribution in [3.8, 4) is 17.2 Å². The van der Waals surface area contributed by atoms with E-state index in [0.29, 0.717) is 22.9 Å². The Bertz CT molecular complexity index is 579. The molecule has 2 rings (SSSR count). The molecule has 3 nitrogen and oxygen atoms in total. The zero-order valence-electron chi connectivity index (χ0n) is 10.9. The number of nitrogens with two attached hydrogens (primary N) is 1. The number of allylic oxidation sites excluding steroid dienone is 1. The molecule has 98 valence electrons. The van der Waals surface area contributed by atoms with Gasteiger partial charge in [0.05, 0.1) is 12.8 Å². The molecule has 0 heterocycles. The molecule has 0 bridgehead atoms. The van der Waals surface area contributed by atoms with Gasteiger partial charge < -0.3 is 15.2 Å². The van der Waals surface area contributed by atoms with Gasteiger partial charge in [0.15, 0.2) is 17.2 Å². The minimum absolute atomic E-state index is 0.597. The molecule has 0 unspecified atom stereocenters. The first-order chi connectivity index (χ1) is 9.24. The molecule has 2 aromatic carbocycles. The molecule has 0 aliphatic heterocycles. The van der Waals surface area contributed by atoms with E-state index in [1.165, 1.54) is 0 Å². The van der Waals surface area contributed by atoms with Crippen molar-refractivity contribution in [1.29, 1.82) is 0 Å². The van der Waals surface area contributed by atoms with Crippen molar-refractivity contribution >= 4 is 5.69 Å². The molecular formula is C16H17NO2. The number of rotatable bonds is 5. The zero-order chi connectivity index (χ0) is 13.7. The standard InChI is InChI=1S/C16H17NO2/c1-3-6-12-9-10-15(16(11-12)18-2)19-14-8-5-4-7-13(14)17/h3-5,7-11H,1,6,17H2,2H3. The van der Waals surface area contributed by atoms with E-state index in [-0.39, 0.29) is 0 Å². The maximum absolute atomic E-state index is 5.86. The van der Waals surface area contributed by atoms with E-state index in [9.17, 15) is 0 Å². The molecule has 0 fully saturated rings.